The number of aromatic hydroxyl groups is 1. The van der Waals surface area contributed by atoms with Crippen molar-refractivity contribution in [3.8, 4) is 11.5 Å². The Labute approximate surface area is 292 Å². The summed E-state index contributed by atoms with van der Waals surface area (Å²) in [6.45, 7) is 22.6. The number of phenols is 1. The summed E-state index contributed by atoms with van der Waals surface area (Å²) in [5, 5.41) is 9.91. The summed E-state index contributed by atoms with van der Waals surface area (Å²) in [6, 6.07) is 5.09. The number of phenolic OH excluding ortho intramolecular Hbond substituents is 1. The van der Waals surface area contributed by atoms with Crippen LogP contribution < -0.4 is 4.74 Å². The van der Waals surface area contributed by atoms with Gasteiger partial charge in [0, 0.05) is 18.1 Å². The maximum atomic E-state index is 13.1. The highest BCUT2D eigenvalue weighted by molar-refractivity contribution is 5.87. The molecule has 1 aromatic rings. The Bertz CT molecular complexity index is 1400. The van der Waals surface area contributed by atoms with Crippen molar-refractivity contribution in [2.45, 2.75) is 145 Å². The molecule has 0 saturated heterocycles. The Morgan fingerprint density at radius 3 is 2.38 bits per heavy atom. The van der Waals surface area contributed by atoms with Gasteiger partial charge in [0.15, 0.2) is 11.5 Å². The zero-order valence-corrected chi connectivity index (χ0v) is 31.9. The summed E-state index contributed by atoms with van der Waals surface area (Å²) in [4.78, 5) is 13.1. The molecule has 5 aliphatic carbocycles. The van der Waals surface area contributed by atoms with Crippen LogP contribution in [-0.2, 0) is 14.3 Å². The predicted octanol–water partition coefficient (Wildman–Crippen LogP) is 10.6. The minimum Gasteiger partial charge on any atom is -0.504 e. The van der Waals surface area contributed by atoms with Gasteiger partial charge < -0.3 is 19.3 Å². The van der Waals surface area contributed by atoms with Gasteiger partial charge in [0.25, 0.3) is 0 Å². The number of fused-ring (bicyclic) bond motifs is 2. The molecule has 2 spiro atoms. The fourth-order valence-electron chi connectivity index (χ4n) is 13.2. The van der Waals surface area contributed by atoms with Gasteiger partial charge in [-0.2, -0.15) is 0 Å². The second-order valence-corrected chi connectivity index (χ2v) is 18.7. The van der Waals surface area contributed by atoms with Gasteiger partial charge in [0.1, 0.15) is 6.10 Å². The van der Waals surface area contributed by atoms with Gasteiger partial charge in [0.05, 0.1) is 12.7 Å². The number of hydrogen-bond donors (Lipinski definition) is 1. The van der Waals surface area contributed by atoms with Crippen LogP contribution in [-0.4, -0.2) is 36.5 Å². The summed E-state index contributed by atoms with van der Waals surface area (Å²) in [7, 11) is 1.53. The molecule has 10 atom stereocenters. The Morgan fingerprint density at radius 2 is 1.67 bits per heavy atom. The summed E-state index contributed by atoms with van der Waals surface area (Å²) < 4.78 is 17.6. The first kappa shape index (κ1) is 35.8. The van der Waals surface area contributed by atoms with Crippen molar-refractivity contribution in [1.82, 2.24) is 0 Å². The van der Waals surface area contributed by atoms with E-state index in [0.29, 0.717) is 39.2 Å². The van der Waals surface area contributed by atoms with Crippen LogP contribution in [0, 0.1) is 56.7 Å². The van der Waals surface area contributed by atoms with E-state index in [9.17, 15) is 9.90 Å². The molecule has 0 heterocycles. The molecule has 0 radical (unpaired) electrons. The van der Waals surface area contributed by atoms with Crippen LogP contribution >= 0.6 is 0 Å². The highest BCUT2D eigenvalue weighted by Gasteiger charge is 2.82. The van der Waals surface area contributed by atoms with Crippen molar-refractivity contribution >= 4 is 12.0 Å². The van der Waals surface area contributed by atoms with Gasteiger partial charge in [-0.05, 0) is 160 Å². The van der Waals surface area contributed by atoms with E-state index in [4.69, 9.17) is 14.2 Å². The van der Waals surface area contributed by atoms with Crippen LogP contribution in [0.3, 0.4) is 0 Å². The third-order valence-electron chi connectivity index (χ3n) is 16.4. The topological polar surface area (TPSA) is 65.0 Å². The molecule has 5 nitrogen and oxygen atoms in total. The summed E-state index contributed by atoms with van der Waals surface area (Å²) in [6.07, 6.45) is 17.5. The minimum atomic E-state index is -0.279. The van der Waals surface area contributed by atoms with E-state index in [1.807, 2.05) is 0 Å². The van der Waals surface area contributed by atoms with Gasteiger partial charge in [-0.15, -0.1) is 0 Å². The molecule has 48 heavy (non-hydrogen) atoms. The van der Waals surface area contributed by atoms with Crippen molar-refractivity contribution < 1.29 is 24.1 Å². The molecule has 1 N–H and O–H groups in total. The zero-order chi connectivity index (χ0) is 34.9. The molecule has 5 fully saturated rings. The molecule has 268 valence electrons. The number of carbonyl (C=O) groups excluding carboxylic acids is 1. The van der Waals surface area contributed by atoms with Crippen LogP contribution in [0.5, 0.6) is 11.5 Å². The molecule has 0 aromatic heterocycles. The van der Waals surface area contributed by atoms with E-state index in [2.05, 4.69) is 62.3 Å². The maximum Gasteiger partial charge on any atom is 0.331 e. The fourth-order valence-corrected chi connectivity index (χ4v) is 13.2. The van der Waals surface area contributed by atoms with Crippen LogP contribution in [0.15, 0.2) is 24.3 Å². The lowest BCUT2D eigenvalue weighted by atomic mass is 9.41. The van der Waals surface area contributed by atoms with Gasteiger partial charge in [-0.3, -0.25) is 0 Å². The molecule has 6 rings (SSSR count). The predicted molar refractivity (Wildman–Crippen MR) is 194 cm³/mol. The SMILES string of the molecule is CCOC(C)(C)C(C)CC[C@@H](C)[C@H]1CC[C@@]2(C)[C@@H]3CC[C@H]4C(C)(C)[C@@H](OC(=O)/C=C/c5ccc(O)c(OC)c5)CC[C@@]45C[C@@]35CC[C@]12C. The van der Waals surface area contributed by atoms with E-state index in [-0.39, 0.29) is 28.8 Å². The minimum absolute atomic E-state index is 0.0433. The Kier molecular flexibility index (Phi) is 9.21. The first-order valence-corrected chi connectivity index (χ1v) is 19.4. The maximum absolute atomic E-state index is 13.1. The van der Waals surface area contributed by atoms with Gasteiger partial charge >= 0.3 is 5.97 Å². The third-order valence-corrected chi connectivity index (χ3v) is 16.4. The van der Waals surface area contributed by atoms with Crippen molar-refractivity contribution in [3.05, 3.63) is 29.8 Å². The normalized spacial score (nSPS) is 39.5. The van der Waals surface area contributed by atoms with Crippen molar-refractivity contribution in [2.75, 3.05) is 13.7 Å². The lowest BCUT2D eigenvalue weighted by molar-refractivity contribution is -0.179. The van der Waals surface area contributed by atoms with Gasteiger partial charge in [-0.1, -0.05) is 54.0 Å². The number of rotatable bonds is 11. The number of ether oxygens (including phenoxy) is 3. The fraction of sp³-hybridized carbons (Fsp3) is 0.791. The van der Waals surface area contributed by atoms with Gasteiger partial charge in [-0.25, -0.2) is 4.79 Å². The number of esters is 1. The summed E-state index contributed by atoms with van der Waals surface area (Å²) in [5.74, 6) is 3.77. The van der Waals surface area contributed by atoms with E-state index in [1.54, 1.807) is 24.3 Å². The third kappa shape index (κ3) is 5.37. The average Bonchev–Trinajstić information content (AvgIpc) is 3.62. The smallest absolute Gasteiger partial charge is 0.331 e. The Morgan fingerprint density at radius 1 is 0.958 bits per heavy atom. The van der Waals surface area contributed by atoms with E-state index >= 15 is 0 Å². The van der Waals surface area contributed by atoms with Crippen LogP contribution in [0.1, 0.15) is 139 Å². The second-order valence-electron chi connectivity index (χ2n) is 18.7. The quantitative estimate of drug-likeness (QED) is 0.189. The lowest BCUT2D eigenvalue weighted by Gasteiger charge is -2.63. The number of benzene rings is 1. The Balaban J connectivity index is 1.12. The van der Waals surface area contributed by atoms with Crippen LogP contribution in [0.2, 0.25) is 0 Å². The molecule has 5 saturated carbocycles. The average molecular weight is 663 g/mol. The monoisotopic (exact) mass is 662 g/mol. The standard InChI is InChI=1S/C43H66O5/c1-11-47-39(6,7)29(3)13-12-28(2)31-20-22-41(9)35-18-17-34-38(4,5)36(21-23-42(34)27-43(35,42)25-24-40(31,41)8)48-37(45)19-15-30-14-16-32(44)33(26-30)46-10/h14-16,19,26,28-29,31,34-36,44H,11-13,17-18,20-25,27H2,1-10H3/b19-15+/t28-,29?,31-,34+,35+,36+,40-,41+,42-,43+/m1/s1. The molecule has 5 aliphatic rings. The molecular formula is C43H66O5. The number of carbonyl (C=O) groups is 1. The largest absolute Gasteiger partial charge is 0.504 e. The highest BCUT2D eigenvalue weighted by Crippen LogP contribution is 2.89. The molecule has 1 aromatic carbocycles. The summed E-state index contributed by atoms with van der Waals surface area (Å²) in [5.41, 5.74) is 2.46. The van der Waals surface area contributed by atoms with Crippen LogP contribution in [0.4, 0.5) is 0 Å². The van der Waals surface area contributed by atoms with E-state index in [0.717, 1.165) is 36.3 Å². The summed E-state index contributed by atoms with van der Waals surface area (Å²) >= 11 is 0. The van der Waals surface area contributed by atoms with E-state index < -0.39 is 0 Å². The second kappa shape index (κ2) is 12.3. The highest BCUT2D eigenvalue weighted by atomic mass is 16.5. The van der Waals surface area contributed by atoms with Gasteiger partial charge in [0.2, 0.25) is 0 Å². The molecule has 0 amide bonds. The molecule has 0 aliphatic heterocycles. The molecule has 0 bridgehead atoms. The first-order valence-electron chi connectivity index (χ1n) is 19.4. The molecule has 5 heteroatoms. The van der Waals surface area contributed by atoms with Crippen molar-refractivity contribution in [2.24, 2.45) is 56.7 Å². The van der Waals surface area contributed by atoms with E-state index in [1.165, 1.54) is 77.4 Å². The molecule has 1 unspecified atom stereocenters. The first-order chi connectivity index (χ1) is 22.5. The number of hydrogen-bond acceptors (Lipinski definition) is 5. The Hall–Kier alpha value is -2.01. The molecular weight excluding hydrogens is 596 g/mol. The zero-order valence-electron chi connectivity index (χ0n) is 31.9. The van der Waals surface area contributed by atoms with Crippen LogP contribution in [0.25, 0.3) is 6.08 Å². The lowest BCUT2D eigenvalue weighted by Crippen LogP contribution is -2.58. The van der Waals surface area contributed by atoms with Crippen molar-refractivity contribution in [1.29, 1.82) is 0 Å². The number of methoxy groups -OCH3 is 1. The van der Waals surface area contributed by atoms with Crippen molar-refractivity contribution in [3.63, 3.8) is 0 Å².